The summed E-state index contributed by atoms with van der Waals surface area (Å²) in [4.78, 5) is 17.5. The third-order valence-electron chi connectivity index (χ3n) is 4.58. The topological polar surface area (TPSA) is 109 Å². The molecule has 3 heterocycles. The molecule has 27 heavy (non-hydrogen) atoms. The number of imidazole rings is 1. The Morgan fingerprint density at radius 2 is 1.81 bits per heavy atom. The zero-order chi connectivity index (χ0) is 18.8. The molecule has 0 aliphatic rings. The lowest BCUT2D eigenvalue weighted by Gasteiger charge is -2.11. The van der Waals surface area contributed by atoms with Gasteiger partial charge in [-0.3, -0.25) is 4.98 Å². The first-order valence-corrected chi connectivity index (χ1v) is 8.93. The summed E-state index contributed by atoms with van der Waals surface area (Å²) < 4.78 is 2.05. The summed E-state index contributed by atoms with van der Waals surface area (Å²) >= 11 is 0. The number of aryl methyl sites for hydroxylation is 1. The van der Waals surface area contributed by atoms with Crippen LogP contribution >= 0.6 is 0 Å². The maximum atomic E-state index is 5.77. The molecule has 136 valence electrons. The van der Waals surface area contributed by atoms with E-state index in [9.17, 15) is 0 Å². The van der Waals surface area contributed by atoms with E-state index in [1.807, 2.05) is 12.3 Å². The van der Waals surface area contributed by atoms with Gasteiger partial charge < -0.3 is 16.0 Å². The summed E-state index contributed by atoms with van der Waals surface area (Å²) in [7, 11) is 0. The van der Waals surface area contributed by atoms with Crippen molar-refractivity contribution in [1.29, 1.82) is 0 Å². The SMILES string of the molecule is CCn1c(-c2ccncc2-c2ccc(CCN)cc2)nc2cnc(N)nc21. The van der Waals surface area contributed by atoms with E-state index in [1.165, 1.54) is 5.56 Å². The van der Waals surface area contributed by atoms with Gasteiger partial charge in [0.2, 0.25) is 5.95 Å². The van der Waals surface area contributed by atoms with Gasteiger partial charge in [-0.15, -0.1) is 0 Å². The van der Waals surface area contributed by atoms with Gasteiger partial charge >= 0.3 is 0 Å². The standard InChI is InChI=1S/C20H21N7/c1-2-27-18(25-17-12-24-20(22)26-19(17)27)15-8-10-23-11-16(15)14-5-3-13(4-6-14)7-9-21/h3-6,8,10-12H,2,7,9,21H2,1H3,(H2,22,24,26). The van der Waals surface area contributed by atoms with Gasteiger partial charge in [0.1, 0.15) is 11.3 Å². The van der Waals surface area contributed by atoms with Gasteiger partial charge in [-0.1, -0.05) is 24.3 Å². The van der Waals surface area contributed by atoms with Gasteiger partial charge in [0, 0.05) is 30.1 Å². The van der Waals surface area contributed by atoms with Crippen molar-refractivity contribution < 1.29 is 0 Å². The number of hydrogen-bond acceptors (Lipinski definition) is 6. The molecule has 0 amide bonds. The molecule has 7 nitrogen and oxygen atoms in total. The van der Waals surface area contributed by atoms with Gasteiger partial charge in [0.05, 0.1) is 6.20 Å². The van der Waals surface area contributed by atoms with E-state index in [1.54, 1.807) is 12.4 Å². The summed E-state index contributed by atoms with van der Waals surface area (Å²) in [5.74, 6) is 1.07. The zero-order valence-corrected chi connectivity index (χ0v) is 15.1. The predicted molar refractivity (Wildman–Crippen MR) is 107 cm³/mol. The van der Waals surface area contributed by atoms with E-state index < -0.39 is 0 Å². The Labute approximate surface area is 157 Å². The molecule has 0 unspecified atom stereocenters. The molecule has 4 aromatic rings. The molecule has 0 aliphatic heterocycles. The molecule has 0 bridgehead atoms. The molecular formula is C20H21N7. The Bertz CT molecular complexity index is 1080. The average molecular weight is 359 g/mol. The van der Waals surface area contributed by atoms with Crippen LogP contribution in [0.4, 0.5) is 5.95 Å². The second-order valence-electron chi connectivity index (χ2n) is 6.27. The van der Waals surface area contributed by atoms with Crippen molar-refractivity contribution in [2.75, 3.05) is 12.3 Å². The maximum Gasteiger partial charge on any atom is 0.222 e. The number of nitrogens with zero attached hydrogens (tertiary/aromatic N) is 5. The first-order valence-electron chi connectivity index (χ1n) is 8.93. The molecule has 0 saturated carbocycles. The number of rotatable bonds is 5. The van der Waals surface area contributed by atoms with Gasteiger partial charge in [-0.2, -0.15) is 4.98 Å². The van der Waals surface area contributed by atoms with Crippen LogP contribution in [0.15, 0.2) is 48.9 Å². The second kappa shape index (κ2) is 7.13. The highest BCUT2D eigenvalue weighted by Crippen LogP contribution is 2.32. The minimum absolute atomic E-state index is 0.245. The minimum atomic E-state index is 0.245. The molecule has 0 spiro atoms. The third kappa shape index (κ3) is 3.13. The van der Waals surface area contributed by atoms with Crippen molar-refractivity contribution >= 4 is 17.1 Å². The Morgan fingerprint density at radius 3 is 2.56 bits per heavy atom. The van der Waals surface area contributed by atoms with Crippen LogP contribution in [0.1, 0.15) is 12.5 Å². The summed E-state index contributed by atoms with van der Waals surface area (Å²) in [5.41, 5.74) is 17.2. The molecular weight excluding hydrogens is 338 g/mol. The fourth-order valence-corrected chi connectivity index (χ4v) is 3.27. The van der Waals surface area contributed by atoms with Crippen LogP contribution in [0.5, 0.6) is 0 Å². The lowest BCUT2D eigenvalue weighted by atomic mass is 9.99. The van der Waals surface area contributed by atoms with Crippen molar-refractivity contribution in [3.05, 3.63) is 54.5 Å². The van der Waals surface area contributed by atoms with E-state index >= 15 is 0 Å². The molecule has 4 rings (SSSR count). The summed E-state index contributed by atoms with van der Waals surface area (Å²) in [6.07, 6.45) is 6.18. The van der Waals surface area contributed by atoms with Gasteiger partial charge in [0.15, 0.2) is 5.65 Å². The summed E-state index contributed by atoms with van der Waals surface area (Å²) in [6.45, 7) is 3.42. The van der Waals surface area contributed by atoms with Gasteiger partial charge in [-0.25, -0.2) is 9.97 Å². The number of anilines is 1. The molecule has 0 saturated heterocycles. The minimum Gasteiger partial charge on any atom is -0.368 e. The number of benzene rings is 1. The number of pyridine rings is 1. The summed E-state index contributed by atoms with van der Waals surface area (Å²) in [6, 6.07) is 10.4. The highest BCUT2D eigenvalue weighted by Gasteiger charge is 2.17. The Morgan fingerprint density at radius 1 is 1.00 bits per heavy atom. The van der Waals surface area contributed by atoms with E-state index in [0.717, 1.165) is 46.6 Å². The number of nitrogen functional groups attached to an aromatic ring is 1. The molecule has 3 aromatic heterocycles. The van der Waals surface area contributed by atoms with Crippen molar-refractivity contribution in [2.24, 2.45) is 5.73 Å². The average Bonchev–Trinajstić information content (AvgIpc) is 3.06. The molecule has 0 fully saturated rings. The zero-order valence-electron chi connectivity index (χ0n) is 15.1. The highest BCUT2D eigenvalue weighted by molar-refractivity contribution is 5.84. The van der Waals surface area contributed by atoms with Crippen molar-refractivity contribution in [1.82, 2.24) is 24.5 Å². The predicted octanol–water partition coefficient (Wildman–Crippen LogP) is 2.66. The Kier molecular flexibility index (Phi) is 4.52. The molecule has 0 radical (unpaired) electrons. The largest absolute Gasteiger partial charge is 0.368 e. The lowest BCUT2D eigenvalue weighted by molar-refractivity contribution is 0.787. The Hall–Kier alpha value is -3.32. The molecule has 7 heteroatoms. The molecule has 1 aromatic carbocycles. The quantitative estimate of drug-likeness (QED) is 0.567. The van der Waals surface area contributed by atoms with Crippen LogP contribution in [0.25, 0.3) is 33.7 Å². The smallest absolute Gasteiger partial charge is 0.222 e. The number of aromatic nitrogens is 5. The number of fused-ring (bicyclic) bond motifs is 1. The second-order valence-corrected chi connectivity index (χ2v) is 6.27. The van der Waals surface area contributed by atoms with Gasteiger partial charge in [-0.05, 0) is 37.1 Å². The normalized spacial score (nSPS) is 11.2. The molecule has 0 atom stereocenters. The van der Waals surface area contributed by atoms with Crippen LogP contribution < -0.4 is 11.5 Å². The van der Waals surface area contributed by atoms with E-state index in [2.05, 4.69) is 50.7 Å². The fourth-order valence-electron chi connectivity index (χ4n) is 3.27. The summed E-state index contributed by atoms with van der Waals surface area (Å²) in [5, 5.41) is 0. The van der Waals surface area contributed by atoms with Crippen molar-refractivity contribution in [3.8, 4) is 22.5 Å². The van der Waals surface area contributed by atoms with E-state index in [4.69, 9.17) is 16.5 Å². The Balaban J connectivity index is 1.87. The first-order chi connectivity index (χ1) is 13.2. The van der Waals surface area contributed by atoms with Crippen LogP contribution in [0.2, 0.25) is 0 Å². The fraction of sp³-hybridized carbons (Fsp3) is 0.200. The monoisotopic (exact) mass is 359 g/mol. The highest BCUT2D eigenvalue weighted by atomic mass is 15.2. The van der Waals surface area contributed by atoms with Gasteiger partial charge in [0.25, 0.3) is 0 Å². The van der Waals surface area contributed by atoms with Crippen LogP contribution in [-0.4, -0.2) is 31.0 Å². The first kappa shape index (κ1) is 17.1. The number of hydrogen-bond donors (Lipinski definition) is 2. The van der Waals surface area contributed by atoms with E-state index in [0.29, 0.717) is 6.54 Å². The maximum absolute atomic E-state index is 5.77. The van der Waals surface area contributed by atoms with Crippen LogP contribution in [-0.2, 0) is 13.0 Å². The molecule has 0 aliphatic carbocycles. The third-order valence-corrected chi connectivity index (χ3v) is 4.58. The molecule has 4 N–H and O–H groups in total. The van der Waals surface area contributed by atoms with E-state index in [-0.39, 0.29) is 5.95 Å². The van der Waals surface area contributed by atoms with Crippen molar-refractivity contribution in [3.63, 3.8) is 0 Å². The number of nitrogens with two attached hydrogens (primary N) is 2. The van der Waals surface area contributed by atoms with Crippen LogP contribution in [0, 0.1) is 0 Å². The van der Waals surface area contributed by atoms with Crippen LogP contribution in [0.3, 0.4) is 0 Å². The lowest BCUT2D eigenvalue weighted by Crippen LogP contribution is -2.03. The van der Waals surface area contributed by atoms with Crippen molar-refractivity contribution in [2.45, 2.75) is 19.9 Å².